The second-order valence-electron chi connectivity index (χ2n) is 5.50. The zero-order valence-corrected chi connectivity index (χ0v) is 12.0. The molecule has 0 atom stereocenters. The number of hydrogen-bond acceptors (Lipinski definition) is 6. The molecule has 3 heterocycles. The highest BCUT2D eigenvalue weighted by Gasteiger charge is 2.24. The largest absolute Gasteiger partial charge is 0.437 e. The Morgan fingerprint density at radius 2 is 2.05 bits per heavy atom. The SMILES string of the molecule is Cn1cnc2ncn(Cc3nn(C4CCC4)c(=O)o3)c(=O)c21. The maximum atomic E-state index is 12.4. The lowest BCUT2D eigenvalue weighted by Gasteiger charge is -2.23. The van der Waals surface area contributed by atoms with Crippen LogP contribution in [0, 0.1) is 0 Å². The molecule has 9 nitrogen and oxygen atoms in total. The number of imidazole rings is 1. The van der Waals surface area contributed by atoms with E-state index < -0.39 is 5.76 Å². The number of nitrogens with zero attached hydrogens (tertiary/aromatic N) is 6. The molecule has 3 aromatic rings. The van der Waals surface area contributed by atoms with Crippen LogP contribution >= 0.6 is 0 Å². The first-order valence-electron chi connectivity index (χ1n) is 7.08. The monoisotopic (exact) mass is 302 g/mol. The molecule has 0 unspecified atom stereocenters. The van der Waals surface area contributed by atoms with Gasteiger partial charge in [0.2, 0.25) is 5.89 Å². The van der Waals surface area contributed by atoms with Crippen LogP contribution in [0.25, 0.3) is 11.2 Å². The predicted molar refractivity (Wildman–Crippen MR) is 75.5 cm³/mol. The van der Waals surface area contributed by atoms with Gasteiger partial charge >= 0.3 is 5.76 Å². The van der Waals surface area contributed by atoms with Crippen LogP contribution in [0.4, 0.5) is 0 Å². The van der Waals surface area contributed by atoms with Gasteiger partial charge in [-0.1, -0.05) is 0 Å². The summed E-state index contributed by atoms with van der Waals surface area (Å²) in [5.74, 6) is -0.260. The lowest BCUT2D eigenvalue weighted by molar-refractivity contribution is 0.272. The lowest BCUT2D eigenvalue weighted by Crippen LogP contribution is -2.27. The fraction of sp³-hybridized carbons (Fsp3) is 0.462. The number of hydrogen-bond donors (Lipinski definition) is 0. The number of rotatable bonds is 3. The molecule has 0 saturated heterocycles. The molecular weight excluding hydrogens is 288 g/mol. The van der Waals surface area contributed by atoms with Crippen molar-refractivity contribution in [1.29, 1.82) is 0 Å². The van der Waals surface area contributed by atoms with Gasteiger partial charge in [0.05, 0.1) is 12.4 Å². The minimum atomic E-state index is -0.470. The average molecular weight is 302 g/mol. The number of aromatic nitrogens is 6. The third-order valence-corrected chi connectivity index (χ3v) is 4.04. The maximum Gasteiger partial charge on any atom is 0.437 e. The molecule has 22 heavy (non-hydrogen) atoms. The van der Waals surface area contributed by atoms with Crippen LogP contribution in [-0.2, 0) is 13.6 Å². The summed E-state index contributed by atoms with van der Waals surface area (Å²) in [5.41, 5.74) is 0.555. The fourth-order valence-corrected chi connectivity index (χ4v) is 2.58. The van der Waals surface area contributed by atoms with E-state index >= 15 is 0 Å². The van der Waals surface area contributed by atoms with Gasteiger partial charge in [-0.25, -0.2) is 14.8 Å². The third-order valence-electron chi connectivity index (χ3n) is 4.04. The van der Waals surface area contributed by atoms with E-state index in [2.05, 4.69) is 15.1 Å². The van der Waals surface area contributed by atoms with Gasteiger partial charge in [-0.05, 0) is 19.3 Å². The topological polar surface area (TPSA) is 101 Å². The van der Waals surface area contributed by atoms with Crippen molar-refractivity contribution < 1.29 is 4.42 Å². The zero-order chi connectivity index (χ0) is 15.3. The molecule has 4 rings (SSSR count). The van der Waals surface area contributed by atoms with E-state index in [9.17, 15) is 9.59 Å². The Hall–Kier alpha value is -2.71. The molecule has 0 spiro atoms. The van der Waals surface area contributed by atoms with Gasteiger partial charge in [0, 0.05) is 7.05 Å². The van der Waals surface area contributed by atoms with Crippen LogP contribution in [-0.4, -0.2) is 28.9 Å². The summed E-state index contributed by atoms with van der Waals surface area (Å²) in [5, 5.41) is 4.19. The number of fused-ring (bicyclic) bond motifs is 1. The quantitative estimate of drug-likeness (QED) is 0.677. The molecule has 0 aliphatic heterocycles. The Kier molecular flexibility index (Phi) is 2.75. The van der Waals surface area contributed by atoms with Crippen LogP contribution in [0.5, 0.6) is 0 Å². The normalized spacial score (nSPS) is 15.3. The Balaban J connectivity index is 1.71. The van der Waals surface area contributed by atoms with E-state index in [1.807, 2.05) is 0 Å². The second kappa shape index (κ2) is 4.65. The lowest BCUT2D eigenvalue weighted by atomic mass is 9.94. The van der Waals surface area contributed by atoms with E-state index in [1.54, 1.807) is 11.6 Å². The van der Waals surface area contributed by atoms with Gasteiger partial charge in [0.25, 0.3) is 5.56 Å². The van der Waals surface area contributed by atoms with Gasteiger partial charge in [-0.15, -0.1) is 5.10 Å². The first-order chi connectivity index (χ1) is 10.6. The summed E-state index contributed by atoms with van der Waals surface area (Å²) in [4.78, 5) is 32.4. The zero-order valence-electron chi connectivity index (χ0n) is 12.0. The van der Waals surface area contributed by atoms with Crippen LogP contribution < -0.4 is 11.3 Å². The molecule has 1 aliphatic rings. The van der Waals surface area contributed by atoms with E-state index in [-0.39, 0.29) is 24.0 Å². The highest BCUT2D eigenvalue weighted by molar-refractivity contribution is 5.68. The summed E-state index contributed by atoms with van der Waals surface area (Å²) < 4.78 is 9.49. The van der Waals surface area contributed by atoms with Crippen molar-refractivity contribution in [3.63, 3.8) is 0 Å². The van der Waals surface area contributed by atoms with Gasteiger partial charge in [-0.3, -0.25) is 9.36 Å². The third kappa shape index (κ3) is 1.89. The van der Waals surface area contributed by atoms with Gasteiger partial charge in [0.15, 0.2) is 11.2 Å². The van der Waals surface area contributed by atoms with Crippen LogP contribution in [0.2, 0.25) is 0 Å². The minimum absolute atomic E-state index is 0.0713. The smallest absolute Gasteiger partial charge is 0.390 e. The Morgan fingerprint density at radius 1 is 1.27 bits per heavy atom. The van der Waals surface area contributed by atoms with E-state index in [4.69, 9.17) is 4.42 Å². The predicted octanol–water partition coefficient (Wildman–Crippen LogP) is 0.0530. The van der Waals surface area contributed by atoms with E-state index in [1.165, 1.54) is 21.9 Å². The minimum Gasteiger partial charge on any atom is -0.390 e. The van der Waals surface area contributed by atoms with Crippen molar-refractivity contribution in [3.8, 4) is 0 Å². The highest BCUT2D eigenvalue weighted by Crippen LogP contribution is 2.29. The van der Waals surface area contributed by atoms with Crippen molar-refractivity contribution >= 4 is 11.2 Å². The molecule has 1 fully saturated rings. The van der Waals surface area contributed by atoms with Crippen LogP contribution in [0.1, 0.15) is 31.2 Å². The summed E-state index contributed by atoms with van der Waals surface area (Å²) in [7, 11) is 1.73. The Labute approximate surface area is 123 Å². The Bertz CT molecular complexity index is 958. The van der Waals surface area contributed by atoms with Crippen LogP contribution in [0.15, 0.2) is 26.7 Å². The first-order valence-corrected chi connectivity index (χ1v) is 7.08. The van der Waals surface area contributed by atoms with E-state index in [0.29, 0.717) is 11.2 Å². The van der Waals surface area contributed by atoms with E-state index in [0.717, 1.165) is 19.3 Å². The summed E-state index contributed by atoms with van der Waals surface area (Å²) in [6.45, 7) is 0.0713. The van der Waals surface area contributed by atoms with Crippen molar-refractivity contribution in [2.45, 2.75) is 31.8 Å². The van der Waals surface area contributed by atoms with Gasteiger partial charge < -0.3 is 8.98 Å². The average Bonchev–Trinajstić information content (AvgIpc) is 2.96. The molecule has 0 bridgehead atoms. The fourth-order valence-electron chi connectivity index (χ4n) is 2.58. The van der Waals surface area contributed by atoms with Crippen molar-refractivity contribution in [2.24, 2.45) is 7.05 Å². The molecule has 1 saturated carbocycles. The molecular formula is C13H14N6O3. The number of aryl methyl sites for hydroxylation is 1. The molecule has 1 aliphatic carbocycles. The Morgan fingerprint density at radius 3 is 2.77 bits per heavy atom. The maximum absolute atomic E-state index is 12.4. The van der Waals surface area contributed by atoms with Gasteiger partial charge in [0.1, 0.15) is 12.9 Å². The molecule has 9 heteroatoms. The second-order valence-corrected chi connectivity index (χ2v) is 5.50. The summed E-state index contributed by atoms with van der Waals surface area (Å²) in [6, 6.07) is 0.124. The van der Waals surface area contributed by atoms with Crippen molar-refractivity contribution in [2.75, 3.05) is 0 Å². The highest BCUT2D eigenvalue weighted by atomic mass is 16.4. The summed E-state index contributed by atoms with van der Waals surface area (Å²) in [6.07, 6.45) is 5.90. The van der Waals surface area contributed by atoms with Crippen LogP contribution in [0.3, 0.4) is 0 Å². The molecule has 0 radical (unpaired) electrons. The molecule has 0 amide bonds. The van der Waals surface area contributed by atoms with Crippen molar-refractivity contribution in [1.82, 2.24) is 28.9 Å². The first kappa shape index (κ1) is 13.0. The van der Waals surface area contributed by atoms with Gasteiger partial charge in [-0.2, -0.15) is 4.68 Å². The molecule has 0 N–H and O–H groups in total. The molecule has 114 valence electrons. The summed E-state index contributed by atoms with van der Waals surface area (Å²) >= 11 is 0. The standard InChI is InChI=1S/C13H14N6O3/c1-17-6-14-11-10(17)12(20)18(7-15-11)5-9-16-19(13(21)22-9)8-3-2-4-8/h6-8H,2-5H2,1H3. The molecule has 0 aromatic carbocycles. The van der Waals surface area contributed by atoms with Crippen molar-refractivity contribution in [3.05, 3.63) is 39.4 Å². The molecule has 3 aromatic heterocycles.